The Morgan fingerprint density at radius 3 is 2.71 bits per heavy atom. The van der Waals surface area contributed by atoms with E-state index in [2.05, 4.69) is 10.6 Å². The third-order valence-electron chi connectivity index (χ3n) is 3.89. The van der Waals surface area contributed by atoms with Crippen molar-refractivity contribution < 1.29 is 13.6 Å². The van der Waals surface area contributed by atoms with Gasteiger partial charge in [0.1, 0.15) is 16.9 Å². The van der Waals surface area contributed by atoms with Crippen LogP contribution >= 0.6 is 11.8 Å². The van der Waals surface area contributed by atoms with Gasteiger partial charge >= 0.3 is 0 Å². The van der Waals surface area contributed by atoms with Crippen molar-refractivity contribution in [3.63, 3.8) is 0 Å². The molecule has 1 aliphatic heterocycles. The van der Waals surface area contributed by atoms with Crippen LogP contribution in [0.2, 0.25) is 0 Å². The minimum Gasteiger partial charge on any atom is -0.351 e. The van der Waals surface area contributed by atoms with Crippen molar-refractivity contribution >= 4 is 17.7 Å². The number of thioether (sulfide) groups is 1. The van der Waals surface area contributed by atoms with E-state index in [4.69, 9.17) is 0 Å². The fourth-order valence-corrected chi connectivity index (χ4v) is 3.73. The molecule has 0 aliphatic carbocycles. The second kappa shape index (κ2) is 7.77. The first-order valence-corrected chi connectivity index (χ1v) is 8.69. The summed E-state index contributed by atoms with van der Waals surface area (Å²) in [7, 11) is 0. The second-order valence-electron chi connectivity index (χ2n) is 5.68. The monoisotopic (exact) mass is 348 g/mol. The predicted octanol–water partition coefficient (Wildman–Crippen LogP) is 3.28. The lowest BCUT2D eigenvalue weighted by atomic mass is 10.1. The Morgan fingerprint density at radius 2 is 2.00 bits per heavy atom. The summed E-state index contributed by atoms with van der Waals surface area (Å²) in [6, 6.07) is 12.5. The highest BCUT2D eigenvalue weighted by molar-refractivity contribution is 8.00. The minimum absolute atomic E-state index is 0.0710. The molecule has 1 amide bonds. The molecular weight excluding hydrogens is 330 g/mol. The first-order valence-electron chi connectivity index (χ1n) is 7.81. The van der Waals surface area contributed by atoms with Crippen LogP contribution in [0.15, 0.2) is 53.4 Å². The van der Waals surface area contributed by atoms with E-state index in [0.717, 1.165) is 55.0 Å². The molecule has 6 heteroatoms. The smallest absolute Gasteiger partial charge is 0.238 e. The molecule has 126 valence electrons. The average molecular weight is 348 g/mol. The standard InChI is InChI=1S/C18H18F2N2OS/c19-13-6-7-15(20)16(10-13)24-17(12-4-2-1-3-5-12)18(23)22-14-8-9-21-11-14/h1-7,10,14,17,21H,8-9,11H2,(H,22,23). The summed E-state index contributed by atoms with van der Waals surface area (Å²) >= 11 is 1.03. The van der Waals surface area contributed by atoms with Gasteiger partial charge in [-0.2, -0.15) is 0 Å². The van der Waals surface area contributed by atoms with Gasteiger partial charge in [-0.05, 0) is 36.7 Å². The number of halogens is 2. The fourth-order valence-electron chi connectivity index (χ4n) is 2.65. The van der Waals surface area contributed by atoms with Gasteiger partial charge in [-0.3, -0.25) is 4.79 Å². The molecule has 0 aromatic heterocycles. The van der Waals surface area contributed by atoms with E-state index in [9.17, 15) is 13.6 Å². The zero-order chi connectivity index (χ0) is 16.9. The average Bonchev–Trinajstić information content (AvgIpc) is 3.09. The van der Waals surface area contributed by atoms with Crippen LogP contribution in [0.25, 0.3) is 0 Å². The Labute approximate surface area is 143 Å². The third kappa shape index (κ3) is 4.13. The molecule has 24 heavy (non-hydrogen) atoms. The summed E-state index contributed by atoms with van der Waals surface area (Å²) < 4.78 is 27.4. The van der Waals surface area contributed by atoms with Gasteiger partial charge in [0, 0.05) is 17.5 Å². The van der Waals surface area contributed by atoms with E-state index >= 15 is 0 Å². The van der Waals surface area contributed by atoms with Crippen molar-refractivity contribution in [3.05, 3.63) is 65.7 Å². The van der Waals surface area contributed by atoms with E-state index in [1.165, 1.54) is 0 Å². The second-order valence-corrected chi connectivity index (χ2v) is 6.83. The van der Waals surface area contributed by atoms with Gasteiger partial charge in [0.15, 0.2) is 0 Å². The zero-order valence-corrected chi connectivity index (χ0v) is 13.8. The molecule has 1 fully saturated rings. The van der Waals surface area contributed by atoms with Gasteiger partial charge in [-0.25, -0.2) is 8.78 Å². The van der Waals surface area contributed by atoms with Crippen LogP contribution in [0.5, 0.6) is 0 Å². The van der Waals surface area contributed by atoms with Crippen molar-refractivity contribution in [2.24, 2.45) is 0 Å². The fraction of sp³-hybridized carbons (Fsp3) is 0.278. The topological polar surface area (TPSA) is 41.1 Å². The summed E-state index contributed by atoms with van der Waals surface area (Å²) in [5.74, 6) is -1.24. The van der Waals surface area contributed by atoms with Crippen LogP contribution in [-0.4, -0.2) is 25.0 Å². The van der Waals surface area contributed by atoms with Crippen molar-refractivity contribution in [2.45, 2.75) is 22.6 Å². The number of nitrogens with one attached hydrogen (secondary N) is 2. The first-order chi connectivity index (χ1) is 11.6. The van der Waals surface area contributed by atoms with Crippen LogP contribution in [0, 0.1) is 11.6 Å². The maximum Gasteiger partial charge on any atom is 0.238 e. The molecule has 0 bridgehead atoms. The molecule has 0 saturated carbocycles. The number of carbonyl (C=O) groups excluding carboxylic acids is 1. The Morgan fingerprint density at radius 1 is 1.21 bits per heavy atom. The SMILES string of the molecule is O=C(NC1CCNC1)C(Sc1cc(F)ccc1F)c1ccccc1. The molecule has 1 aliphatic rings. The highest BCUT2D eigenvalue weighted by Gasteiger charge is 2.26. The van der Waals surface area contributed by atoms with Crippen molar-refractivity contribution in [1.29, 1.82) is 0 Å². The number of carbonyl (C=O) groups is 1. The lowest BCUT2D eigenvalue weighted by molar-refractivity contribution is -0.121. The van der Waals surface area contributed by atoms with Gasteiger partial charge < -0.3 is 10.6 Å². The van der Waals surface area contributed by atoms with Crippen molar-refractivity contribution in [3.8, 4) is 0 Å². The summed E-state index contributed by atoms with van der Waals surface area (Å²) in [6.07, 6.45) is 0.867. The van der Waals surface area contributed by atoms with Crippen LogP contribution in [0.4, 0.5) is 8.78 Å². The molecule has 2 aromatic carbocycles. The highest BCUT2D eigenvalue weighted by Crippen LogP contribution is 2.37. The van der Waals surface area contributed by atoms with Gasteiger partial charge in [0.2, 0.25) is 5.91 Å². The molecular formula is C18H18F2N2OS. The van der Waals surface area contributed by atoms with Gasteiger partial charge in [0.25, 0.3) is 0 Å². The van der Waals surface area contributed by atoms with Crippen LogP contribution in [-0.2, 0) is 4.79 Å². The van der Waals surface area contributed by atoms with E-state index in [1.807, 2.05) is 30.3 Å². The third-order valence-corrected chi connectivity index (χ3v) is 5.17. The van der Waals surface area contributed by atoms with E-state index in [1.54, 1.807) is 0 Å². The normalized spacial score (nSPS) is 18.3. The Kier molecular flexibility index (Phi) is 5.48. The van der Waals surface area contributed by atoms with Crippen LogP contribution < -0.4 is 10.6 Å². The van der Waals surface area contributed by atoms with E-state index in [0.29, 0.717) is 0 Å². The Hall–Kier alpha value is -1.92. The molecule has 0 spiro atoms. The number of hydrogen-bond acceptors (Lipinski definition) is 3. The van der Waals surface area contributed by atoms with E-state index < -0.39 is 16.9 Å². The summed E-state index contributed by atoms with van der Waals surface area (Å²) in [6.45, 7) is 1.60. The highest BCUT2D eigenvalue weighted by atomic mass is 32.2. The lowest BCUT2D eigenvalue weighted by Gasteiger charge is -2.20. The number of benzene rings is 2. The zero-order valence-electron chi connectivity index (χ0n) is 13.0. The number of hydrogen-bond donors (Lipinski definition) is 2. The minimum atomic E-state index is -0.636. The summed E-state index contributed by atoms with van der Waals surface area (Å²) in [4.78, 5) is 12.9. The molecule has 2 atom stereocenters. The van der Waals surface area contributed by atoms with Crippen LogP contribution in [0.3, 0.4) is 0 Å². The van der Waals surface area contributed by atoms with Crippen LogP contribution in [0.1, 0.15) is 17.2 Å². The van der Waals surface area contributed by atoms with Crippen molar-refractivity contribution in [1.82, 2.24) is 10.6 Å². The molecule has 1 saturated heterocycles. The largest absolute Gasteiger partial charge is 0.351 e. The molecule has 2 unspecified atom stereocenters. The molecule has 3 rings (SSSR count). The Balaban J connectivity index is 1.84. The summed E-state index contributed by atoms with van der Waals surface area (Å²) in [5, 5.41) is 5.55. The van der Waals surface area contributed by atoms with Crippen molar-refractivity contribution in [2.75, 3.05) is 13.1 Å². The maximum atomic E-state index is 14.0. The molecule has 1 heterocycles. The predicted molar refractivity (Wildman–Crippen MR) is 90.8 cm³/mol. The molecule has 3 nitrogen and oxygen atoms in total. The molecule has 0 radical (unpaired) electrons. The Bertz CT molecular complexity index is 705. The summed E-state index contributed by atoms with van der Waals surface area (Å²) in [5.41, 5.74) is 0.759. The number of rotatable bonds is 5. The quantitative estimate of drug-likeness (QED) is 0.815. The maximum absolute atomic E-state index is 14.0. The number of amides is 1. The lowest BCUT2D eigenvalue weighted by Crippen LogP contribution is -2.38. The first kappa shape index (κ1) is 16.9. The van der Waals surface area contributed by atoms with Gasteiger partial charge in [-0.15, -0.1) is 11.8 Å². The van der Waals surface area contributed by atoms with E-state index in [-0.39, 0.29) is 16.8 Å². The van der Waals surface area contributed by atoms with Gasteiger partial charge in [0.05, 0.1) is 0 Å². The molecule has 2 N–H and O–H groups in total. The van der Waals surface area contributed by atoms with Gasteiger partial charge in [-0.1, -0.05) is 30.3 Å². The molecule has 2 aromatic rings.